The average Bonchev–Trinajstić information content (AvgIpc) is 2.60. The van der Waals surface area contributed by atoms with Gasteiger partial charge < -0.3 is 15.4 Å². The van der Waals surface area contributed by atoms with Gasteiger partial charge in [0.2, 0.25) is 5.88 Å². The van der Waals surface area contributed by atoms with Gasteiger partial charge in [0.25, 0.3) is 0 Å². The number of carbonyl (C=O) groups is 1. The second kappa shape index (κ2) is 6.74. The van der Waals surface area contributed by atoms with Crippen molar-refractivity contribution in [1.29, 1.82) is 0 Å². The third kappa shape index (κ3) is 3.74. The fraction of sp³-hybridized carbons (Fsp3) is 0.118. The summed E-state index contributed by atoms with van der Waals surface area (Å²) in [5, 5.41) is 6.49. The first kappa shape index (κ1) is 14.8. The number of nitrogens with one attached hydrogen (secondary N) is 2. The number of nitrogens with zero attached hydrogens (tertiary/aromatic N) is 2. The Kier molecular flexibility index (Phi) is 4.33. The van der Waals surface area contributed by atoms with E-state index in [1.54, 1.807) is 25.4 Å². The first-order valence-electron chi connectivity index (χ1n) is 7.14. The van der Waals surface area contributed by atoms with Gasteiger partial charge >= 0.3 is 6.03 Å². The van der Waals surface area contributed by atoms with E-state index in [0.717, 1.165) is 16.6 Å². The molecule has 23 heavy (non-hydrogen) atoms. The van der Waals surface area contributed by atoms with E-state index in [1.165, 1.54) is 0 Å². The second-order valence-electron chi connectivity index (χ2n) is 4.89. The molecule has 2 heterocycles. The number of anilines is 1. The molecular weight excluding hydrogens is 292 g/mol. The zero-order valence-corrected chi connectivity index (χ0v) is 12.6. The number of pyridine rings is 2. The van der Waals surface area contributed by atoms with Gasteiger partial charge in [-0.2, -0.15) is 0 Å². The predicted molar refractivity (Wildman–Crippen MR) is 88.4 cm³/mol. The molecule has 0 aliphatic rings. The number of hydrogen-bond acceptors (Lipinski definition) is 4. The molecular formula is C17H16N4O2. The quantitative estimate of drug-likeness (QED) is 0.777. The van der Waals surface area contributed by atoms with Crippen molar-refractivity contribution in [3.63, 3.8) is 0 Å². The van der Waals surface area contributed by atoms with Crippen molar-refractivity contribution in [3.05, 3.63) is 60.4 Å². The molecule has 0 saturated heterocycles. The lowest BCUT2D eigenvalue weighted by molar-refractivity contribution is 0.251. The van der Waals surface area contributed by atoms with Crippen LogP contribution < -0.4 is 15.4 Å². The summed E-state index contributed by atoms with van der Waals surface area (Å²) >= 11 is 0. The van der Waals surface area contributed by atoms with Gasteiger partial charge in [0.1, 0.15) is 0 Å². The fourth-order valence-corrected chi connectivity index (χ4v) is 2.15. The van der Waals surface area contributed by atoms with Crippen molar-refractivity contribution in [2.45, 2.75) is 6.54 Å². The predicted octanol–water partition coefficient (Wildman–Crippen LogP) is 2.96. The number of aromatic nitrogens is 2. The lowest BCUT2D eigenvalue weighted by atomic mass is 10.2. The van der Waals surface area contributed by atoms with Gasteiger partial charge in [0.05, 0.1) is 24.9 Å². The van der Waals surface area contributed by atoms with Crippen molar-refractivity contribution < 1.29 is 9.53 Å². The lowest BCUT2D eigenvalue weighted by Crippen LogP contribution is -2.28. The van der Waals surface area contributed by atoms with Crippen molar-refractivity contribution in [2.75, 3.05) is 12.4 Å². The van der Waals surface area contributed by atoms with Crippen LogP contribution in [0.2, 0.25) is 0 Å². The molecule has 0 atom stereocenters. The minimum Gasteiger partial charge on any atom is -0.481 e. The highest BCUT2D eigenvalue weighted by atomic mass is 16.5. The van der Waals surface area contributed by atoms with Crippen molar-refractivity contribution in [2.24, 2.45) is 0 Å². The summed E-state index contributed by atoms with van der Waals surface area (Å²) < 4.78 is 5.09. The summed E-state index contributed by atoms with van der Waals surface area (Å²) in [4.78, 5) is 20.4. The van der Waals surface area contributed by atoms with Crippen molar-refractivity contribution in [1.82, 2.24) is 15.3 Å². The van der Waals surface area contributed by atoms with Crippen LogP contribution in [0, 0.1) is 0 Å². The number of ether oxygens (including phenoxy) is 1. The Morgan fingerprint density at radius 2 is 2.09 bits per heavy atom. The Bertz CT molecular complexity index is 821. The Morgan fingerprint density at radius 1 is 1.17 bits per heavy atom. The summed E-state index contributed by atoms with van der Waals surface area (Å²) in [6.07, 6.45) is 1.69. The van der Waals surface area contributed by atoms with Gasteiger partial charge in [-0.15, -0.1) is 0 Å². The van der Waals surface area contributed by atoms with Gasteiger partial charge in [0.15, 0.2) is 0 Å². The highest BCUT2D eigenvalue weighted by molar-refractivity contribution is 5.92. The Labute approximate surface area is 133 Å². The van der Waals surface area contributed by atoms with Crippen LogP contribution in [0.1, 0.15) is 5.69 Å². The largest absolute Gasteiger partial charge is 0.481 e. The summed E-state index contributed by atoms with van der Waals surface area (Å²) in [5.41, 5.74) is 2.31. The molecule has 0 unspecified atom stereocenters. The van der Waals surface area contributed by atoms with Gasteiger partial charge in [-0.25, -0.2) is 9.78 Å². The van der Waals surface area contributed by atoms with Crippen molar-refractivity contribution in [3.8, 4) is 5.88 Å². The van der Waals surface area contributed by atoms with Gasteiger partial charge in [-0.1, -0.05) is 6.07 Å². The summed E-state index contributed by atoms with van der Waals surface area (Å²) in [6, 6.07) is 14.5. The first-order chi connectivity index (χ1) is 11.2. The summed E-state index contributed by atoms with van der Waals surface area (Å²) in [5.74, 6) is 0.561. The Balaban J connectivity index is 1.65. The second-order valence-corrected chi connectivity index (χ2v) is 4.89. The smallest absolute Gasteiger partial charge is 0.319 e. The molecule has 2 amide bonds. The highest BCUT2D eigenvalue weighted by Crippen LogP contribution is 2.20. The number of carbonyl (C=O) groups excluding carboxylic acids is 1. The third-order valence-electron chi connectivity index (χ3n) is 3.29. The van der Waals surface area contributed by atoms with Gasteiger partial charge in [0, 0.05) is 23.3 Å². The third-order valence-corrected chi connectivity index (χ3v) is 3.29. The van der Waals surface area contributed by atoms with E-state index in [-0.39, 0.29) is 6.03 Å². The van der Waals surface area contributed by atoms with Crippen LogP contribution in [0.3, 0.4) is 0 Å². The minimum absolute atomic E-state index is 0.281. The molecule has 1 aromatic carbocycles. The van der Waals surface area contributed by atoms with E-state index in [4.69, 9.17) is 4.74 Å². The fourth-order valence-electron chi connectivity index (χ4n) is 2.15. The maximum Gasteiger partial charge on any atom is 0.319 e. The van der Waals surface area contributed by atoms with Crippen molar-refractivity contribution >= 4 is 22.6 Å². The van der Waals surface area contributed by atoms with Crippen LogP contribution in [0.25, 0.3) is 10.9 Å². The summed E-state index contributed by atoms with van der Waals surface area (Å²) in [6.45, 7) is 0.374. The number of urea groups is 1. The van der Waals surface area contributed by atoms with Crippen LogP contribution >= 0.6 is 0 Å². The number of benzene rings is 1. The standard InChI is InChI=1S/C17H16N4O2/c1-23-16-8-5-12-10-13(6-7-15(12)21-16)20-17(22)19-11-14-4-2-3-9-18-14/h2-10H,11H2,1H3,(H2,19,20,22). The van der Waals surface area contributed by atoms with Crippen LogP contribution in [-0.4, -0.2) is 23.1 Å². The first-order valence-corrected chi connectivity index (χ1v) is 7.14. The van der Waals surface area contributed by atoms with Crippen LogP contribution in [-0.2, 0) is 6.54 Å². The number of hydrogen-bond donors (Lipinski definition) is 2. The van der Waals surface area contributed by atoms with E-state index in [1.807, 2.05) is 36.4 Å². The van der Waals surface area contributed by atoms with E-state index in [0.29, 0.717) is 18.1 Å². The molecule has 6 heteroatoms. The lowest BCUT2D eigenvalue weighted by Gasteiger charge is -2.08. The molecule has 0 radical (unpaired) electrons. The maximum absolute atomic E-state index is 11.9. The SMILES string of the molecule is COc1ccc2cc(NC(=O)NCc3ccccn3)ccc2n1. The maximum atomic E-state index is 11.9. The molecule has 0 aliphatic heterocycles. The van der Waals surface area contributed by atoms with Crippen LogP contribution in [0.4, 0.5) is 10.5 Å². The zero-order chi connectivity index (χ0) is 16.1. The average molecular weight is 308 g/mol. The number of amides is 2. The van der Waals surface area contributed by atoms with E-state index >= 15 is 0 Å². The summed E-state index contributed by atoms with van der Waals surface area (Å²) in [7, 11) is 1.58. The van der Waals surface area contributed by atoms with Gasteiger partial charge in [-0.3, -0.25) is 4.98 Å². The Hall–Kier alpha value is -3.15. The van der Waals surface area contributed by atoms with Crippen LogP contribution in [0.15, 0.2) is 54.7 Å². The molecule has 0 fully saturated rings. The molecule has 6 nitrogen and oxygen atoms in total. The van der Waals surface area contributed by atoms with E-state index in [2.05, 4.69) is 20.6 Å². The number of methoxy groups -OCH3 is 1. The normalized spacial score (nSPS) is 10.3. The molecule has 116 valence electrons. The topological polar surface area (TPSA) is 76.1 Å². The molecule has 0 bridgehead atoms. The van der Waals surface area contributed by atoms with E-state index in [9.17, 15) is 4.79 Å². The zero-order valence-electron chi connectivity index (χ0n) is 12.6. The number of fused-ring (bicyclic) bond motifs is 1. The Morgan fingerprint density at radius 3 is 2.87 bits per heavy atom. The molecule has 0 aliphatic carbocycles. The monoisotopic (exact) mass is 308 g/mol. The number of rotatable bonds is 4. The minimum atomic E-state index is -0.281. The molecule has 0 saturated carbocycles. The van der Waals surface area contributed by atoms with Gasteiger partial charge in [-0.05, 0) is 36.4 Å². The van der Waals surface area contributed by atoms with E-state index < -0.39 is 0 Å². The highest BCUT2D eigenvalue weighted by Gasteiger charge is 2.04. The van der Waals surface area contributed by atoms with Crippen LogP contribution in [0.5, 0.6) is 5.88 Å². The molecule has 3 rings (SSSR count). The molecule has 2 N–H and O–H groups in total. The molecule has 2 aromatic heterocycles. The molecule has 3 aromatic rings. The molecule has 0 spiro atoms.